The van der Waals surface area contributed by atoms with Crippen molar-refractivity contribution in [2.75, 3.05) is 0 Å². The van der Waals surface area contributed by atoms with Crippen molar-refractivity contribution in [1.29, 1.82) is 0 Å². The lowest BCUT2D eigenvalue weighted by Gasteiger charge is -2.38. The lowest BCUT2D eigenvalue weighted by molar-refractivity contribution is -0.348. The highest BCUT2D eigenvalue weighted by Crippen LogP contribution is 2.58. The molecule has 5 nitrogen and oxygen atoms in total. The summed E-state index contributed by atoms with van der Waals surface area (Å²) in [5.41, 5.74) is -8.24. The molecule has 2 aliphatic carbocycles. The second-order valence-electron chi connectivity index (χ2n) is 10.8. The molecule has 0 bridgehead atoms. The standard InChI is InChI=1S/C29H23F9N2O3S/c30-18-5-7-19(8-6-18)44(42,43)26-12-10-24(40-25(41)20-11-13-39-15-23(20)31)22(26)3-1-2-16-14-17(4-9-21(16)26)27(32,28(33,34)35)29(36,37)38/h4-9,11,13-15,22,24H,1-3,10,12H2,(H,40,41)/t22-,24+,26+/m0/s1. The molecule has 15 heteroatoms. The first-order valence-corrected chi connectivity index (χ1v) is 14.8. The van der Waals surface area contributed by atoms with Crippen molar-refractivity contribution in [1.82, 2.24) is 10.3 Å². The Morgan fingerprint density at radius 2 is 1.57 bits per heavy atom. The molecule has 2 aliphatic rings. The van der Waals surface area contributed by atoms with Crippen LogP contribution in [-0.2, 0) is 26.7 Å². The van der Waals surface area contributed by atoms with Crippen molar-refractivity contribution in [3.63, 3.8) is 0 Å². The summed E-state index contributed by atoms with van der Waals surface area (Å²) in [6, 6.07) is 5.34. The molecule has 0 radical (unpaired) electrons. The Kier molecular flexibility index (Phi) is 7.78. The van der Waals surface area contributed by atoms with E-state index in [4.69, 9.17) is 0 Å². The molecule has 1 aromatic heterocycles. The van der Waals surface area contributed by atoms with Crippen LogP contribution in [0.3, 0.4) is 0 Å². The maximum Gasteiger partial charge on any atom is 0.435 e. The quantitative estimate of drug-likeness (QED) is 0.242. The molecule has 0 aliphatic heterocycles. The molecule has 3 aromatic rings. The maximum atomic E-state index is 15.0. The number of amides is 1. The van der Waals surface area contributed by atoms with Crippen molar-refractivity contribution in [2.24, 2.45) is 5.92 Å². The zero-order valence-corrected chi connectivity index (χ0v) is 23.3. The summed E-state index contributed by atoms with van der Waals surface area (Å²) in [4.78, 5) is 16.2. The van der Waals surface area contributed by atoms with Crippen LogP contribution in [0.4, 0.5) is 39.5 Å². The molecule has 2 aromatic carbocycles. The fraction of sp³-hybridized carbons (Fsp3) is 0.379. The molecule has 44 heavy (non-hydrogen) atoms. The average molecular weight is 651 g/mol. The number of nitrogens with zero attached hydrogens (tertiary/aromatic N) is 1. The number of halogens is 9. The Hall–Kier alpha value is -3.62. The van der Waals surface area contributed by atoms with E-state index in [1.165, 1.54) is 6.20 Å². The Labute approximate surface area is 245 Å². The fourth-order valence-corrected chi connectivity index (χ4v) is 9.03. The van der Waals surface area contributed by atoms with E-state index in [-0.39, 0.29) is 59.8 Å². The largest absolute Gasteiger partial charge is 0.435 e. The highest BCUT2D eigenvalue weighted by atomic mass is 32.2. The van der Waals surface area contributed by atoms with Gasteiger partial charge in [-0.15, -0.1) is 0 Å². The van der Waals surface area contributed by atoms with Gasteiger partial charge in [0.1, 0.15) is 10.6 Å². The van der Waals surface area contributed by atoms with Gasteiger partial charge in [0, 0.05) is 23.7 Å². The number of sulfone groups is 1. The number of alkyl halides is 7. The van der Waals surface area contributed by atoms with Gasteiger partial charge < -0.3 is 5.32 Å². The first-order valence-electron chi connectivity index (χ1n) is 13.3. The van der Waals surface area contributed by atoms with Crippen LogP contribution >= 0.6 is 0 Å². The van der Waals surface area contributed by atoms with Crippen molar-refractivity contribution in [3.8, 4) is 0 Å². The number of rotatable bonds is 5. The lowest BCUT2D eigenvalue weighted by Crippen LogP contribution is -2.50. The number of fused-ring (bicyclic) bond motifs is 3. The molecule has 0 saturated heterocycles. The Balaban J connectivity index is 1.69. The minimum Gasteiger partial charge on any atom is -0.349 e. The summed E-state index contributed by atoms with van der Waals surface area (Å²) in [7, 11) is -4.60. The number of aryl methyl sites for hydroxylation is 1. The molecule has 1 fully saturated rings. The molecule has 5 rings (SSSR count). The first kappa shape index (κ1) is 31.8. The smallest absolute Gasteiger partial charge is 0.349 e. The number of pyridine rings is 1. The Morgan fingerprint density at radius 1 is 0.909 bits per heavy atom. The zero-order chi connectivity index (χ0) is 32.3. The summed E-state index contributed by atoms with van der Waals surface area (Å²) in [6.07, 6.45) is -11.2. The molecule has 236 valence electrons. The van der Waals surface area contributed by atoms with Crippen LogP contribution in [0, 0.1) is 17.6 Å². The fourth-order valence-electron chi connectivity index (χ4n) is 6.56. The number of carbonyl (C=O) groups is 1. The number of benzene rings is 2. The molecule has 1 N–H and O–H groups in total. The van der Waals surface area contributed by atoms with Crippen molar-refractivity contribution in [2.45, 2.75) is 65.8 Å². The molecule has 0 spiro atoms. The number of hydrogen-bond donors (Lipinski definition) is 1. The molecule has 1 amide bonds. The van der Waals surface area contributed by atoms with Gasteiger partial charge in [-0.1, -0.05) is 18.2 Å². The van der Waals surface area contributed by atoms with Gasteiger partial charge in [0.2, 0.25) is 0 Å². The number of nitrogens with one attached hydrogen (secondary N) is 1. The minimum atomic E-state index is -6.38. The average Bonchev–Trinajstić information content (AvgIpc) is 3.21. The molecular formula is C29H23F9N2O3S. The minimum absolute atomic E-state index is 0.0214. The van der Waals surface area contributed by atoms with Crippen molar-refractivity contribution >= 4 is 15.7 Å². The van der Waals surface area contributed by atoms with Gasteiger partial charge in [-0.05, 0) is 73.6 Å². The predicted molar refractivity (Wildman–Crippen MR) is 138 cm³/mol. The molecule has 0 unspecified atom stereocenters. The van der Waals surface area contributed by atoms with E-state index in [2.05, 4.69) is 10.3 Å². The van der Waals surface area contributed by atoms with Crippen LogP contribution in [0.25, 0.3) is 0 Å². The van der Waals surface area contributed by atoms with E-state index in [1.807, 2.05) is 0 Å². The SMILES string of the molecule is O=C(N[C@@H]1CC[C@@]2(S(=O)(=O)c3ccc(F)cc3)c3ccc(C(F)(C(F)(F)F)C(F)(F)F)cc3CCC[C@@H]12)c1ccncc1F. The monoisotopic (exact) mass is 650 g/mol. The summed E-state index contributed by atoms with van der Waals surface area (Å²) in [5, 5.41) is 2.64. The maximum absolute atomic E-state index is 15.0. The lowest BCUT2D eigenvalue weighted by atomic mass is 9.82. The van der Waals surface area contributed by atoms with Gasteiger partial charge in [-0.2, -0.15) is 26.3 Å². The van der Waals surface area contributed by atoms with E-state index >= 15 is 4.39 Å². The van der Waals surface area contributed by atoms with Gasteiger partial charge in [0.15, 0.2) is 15.7 Å². The van der Waals surface area contributed by atoms with E-state index in [9.17, 15) is 48.3 Å². The van der Waals surface area contributed by atoms with Crippen LogP contribution in [0.2, 0.25) is 0 Å². The van der Waals surface area contributed by atoms with E-state index < -0.39 is 67.7 Å². The highest BCUT2D eigenvalue weighted by Gasteiger charge is 2.73. The molecule has 3 atom stereocenters. The van der Waals surface area contributed by atoms with Crippen LogP contribution in [-0.4, -0.2) is 37.7 Å². The normalized spacial score (nSPS) is 22.6. The number of aromatic nitrogens is 1. The Morgan fingerprint density at radius 3 is 2.18 bits per heavy atom. The molecule has 1 heterocycles. The predicted octanol–water partition coefficient (Wildman–Crippen LogP) is 6.86. The van der Waals surface area contributed by atoms with Crippen LogP contribution in [0.5, 0.6) is 0 Å². The van der Waals surface area contributed by atoms with E-state index in [0.717, 1.165) is 42.6 Å². The van der Waals surface area contributed by atoms with Crippen LogP contribution in [0.15, 0.2) is 65.8 Å². The summed E-state index contributed by atoms with van der Waals surface area (Å²) in [6.45, 7) is 0. The molecular weight excluding hydrogens is 627 g/mol. The Bertz CT molecular complexity index is 1680. The van der Waals surface area contributed by atoms with Gasteiger partial charge in [0.05, 0.1) is 16.7 Å². The first-order chi connectivity index (χ1) is 20.4. The van der Waals surface area contributed by atoms with Crippen molar-refractivity contribution < 1.29 is 52.7 Å². The van der Waals surface area contributed by atoms with E-state index in [0.29, 0.717) is 6.07 Å². The number of carbonyl (C=O) groups excluding carboxylic acids is 1. The van der Waals surface area contributed by atoms with Gasteiger partial charge in [0.25, 0.3) is 5.91 Å². The third kappa shape index (κ3) is 4.83. The third-order valence-electron chi connectivity index (χ3n) is 8.55. The highest BCUT2D eigenvalue weighted by molar-refractivity contribution is 7.92. The van der Waals surface area contributed by atoms with Crippen LogP contribution < -0.4 is 5.32 Å². The van der Waals surface area contributed by atoms with Crippen molar-refractivity contribution in [3.05, 3.63) is 94.8 Å². The molecule has 1 saturated carbocycles. The van der Waals surface area contributed by atoms with E-state index in [1.54, 1.807) is 0 Å². The summed E-state index contributed by atoms with van der Waals surface area (Å²) < 4.78 is 151. The second-order valence-corrected chi connectivity index (χ2v) is 13.1. The van der Waals surface area contributed by atoms with Gasteiger partial charge in [-0.3, -0.25) is 9.78 Å². The zero-order valence-electron chi connectivity index (χ0n) is 22.4. The van der Waals surface area contributed by atoms with Gasteiger partial charge >= 0.3 is 18.0 Å². The van der Waals surface area contributed by atoms with Gasteiger partial charge in [-0.25, -0.2) is 21.6 Å². The third-order valence-corrected chi connectivity index (χ3v) is 11.1. The van der Waals surface area contributed by atoms with Crippen LogP contribution in [0.1, 0.15) is 52.7 Å². The summed E-state index contributed by atoms with van der Waals surface area (Å²) >= 11 is 0. The topological polar surface area (TPSA) is 76.1 Å². The number of hydrogen-bond acceptors (Lipinski definition) is 4. The summed E-state index contributed by atoms with van der Waals surface area (Å²) in [5.74, 6) is -3.60. The second kappa shape index (κ2) is 10.8.